The summed E-state index contributed by atoms with van der Waals surface area (Å²) in [6, 6.07) is 12.3. The topological polar surface area (TPSA) is 91.0 Å². The Labute approximate surface area is 144 Å². The number of fused-ring (bicyclic) bond motifs is 1. The molecule has 0 unspecified atom stereocenters. The molecule has 4 rings (SSSR count). The molecule has 1 aromatic heterocycles. The van der Waals surface area contributed by atoms with Crippen LogP contribution in [0.2, 0.25) is 0 Å². The first-order chi connectivity index (χ1) is 12.2. The molecule has 0 aliphatic carbocycles. The van der Waals surface area contributed by atoms with Gasteiger partial charge < -0.3 is 10.2 Å². The molecule has 0 bridgehead atoms. The number of aromatic amines is 1. The Bertz CT molecular complexity index is 965. The lowest BCUT2D eigenvalue weighted by atomic mass is 9.97. The van der Waals surface area contributed by atoms with E-state index >= 15 is 0 Å². The van der Waals surface area contributed by atoms with Gasteiger partial charge in [0.25, 0.3) is 5.91 Å². The lowest BCUT2D eigenvalue weighted by Gasteiger charge is -2.36. The summed E-state index contributed by atoms with van der Waals surface area (Å²) in [5.41, 5.74) is 3.39. The highest BCUT2D eigenvalue weighted by molar-refractivity contribution is 6.06. The zero-order valence-corrected chi connectivity index (χ0v) is 13.7. The minimum absolute atomic E-state index is 0.166. The Morgan fingerprint density at radius 1 is 1.16 bits per heavy atom. The Balaban J connectivity index is 1.79. The van der Waals surface area contributed by atoms with Gasteiger partial charge >= 0.3 is 0 Å². The molecule has 7 nitrogen and oxygen atoms in total. The van der Waals surface area contributed by atoms with Crippen LogP contribution in [-0.2, 0) is 4.79 Å². The molecule has 1 aliphatic heterocycles. The second-order valence-electron chi connectivity index (χ2n) is 6.05. The highest BCUT2D eigenvalue weighted by Crippen LogP contribution is 2.28. The number of piperazine rings is 1. The number of rotatable bonds is 2. The molecule has 0 spiro atoms. The maximum absolute atomic E-state index is 13.2. The number of aryl methyl sites for hydroxylation is 1. The molecule has 25 heavy (non-hydrogen) atoms. The minimum Gasteiger partial charge on any atom is -0.352 e. The number of hydrogen-bond donors (Lipinski definition) is 2. The van der Waals surface area contributed by atoms with Crippen molar-refractivity contribution in [3.63, 3.8) is 0 Å². The number of amides is 2. The molecule has 2 heterocycles. The first kappa shape index (κ1) is 15.3. The van der Waals surface area contributed by atoms with E-state index in [2.05, 4.69) is 20.7 Å². The molecule has 1 aliphatic rings. The predicted molar refractivity (Wildman–Crippen MR) is 91.9 cm³/mol. The van der Waals surface area contributed by atoms with E-state index in [0.717, 1.165) is 11.1 Å². The summed E-state index contributed by atoms with van der Waals surface area (Å²) >= 11 is 0. The van der Waals surface area contributed by atoms with Crippen molar-refractivity contribution >= 4 is 22.8 Å². The van der Waals surface area contributed by atoms with Gasteiger partial charge in [-0.15, -0.1) is 0 Å². The monoisotopic (exact) mass is 335 g/mol. The van der Waals surface area contributed by atoms with Crippen molar-refractivity contribution in [2.75, 3.05) is 13.1 Å². The second-order valence-corrected chi connectivity index (χ2v) is 6.05. The molecule has 126 valence electrons. The Morgan fingerprint density at radius 3 is 2.84 bits per heavy atom. The largest absolute Gasteiger partial charge is 0.352 e. The molecule has 0 radical (unpaired) electrons. The molecule has 0 saturated carbocycles. The molecule has 3 aromatic rings. The van der Waals surface area contributed by atoms with Crippen molar-refractivity contribution in [3.05, 3.63) is 59.2 Å². The predicted octanol–water partition coefficient (Wildman–Crippen LogP) is 1.58. The van der Waals surface area contributed by atoms with Crippen LogP contribution >= 0.6 is 0 Å². The van der Waals surface area contributed by atoms with Gasteiger partial charge in [-0.1, -0.05) is 30.3 Å². The van der Waals surface area contributed by atoms with Crippen LogP contribution in [0.3, 0.4) is 0 Å². The highest BCUT2D eigenvalue weighted by atomic mass is 16.2. The zero-order chi connectivity index (χ0) is 17.4. The van der Waals surface area contributed by atoms with Crippen LogP contribution in [0.1, 0.15) is 27.5 Å². The Kier molecular flexibility index (Phi) is 3.68. The maximum atomic E-state index is 13.2. The number of nitrogens with one attached hydrogen (secondary N) is 2. The molecule has 2 N–H and O–H groups in total. The highest BCUT2D eigenvalue weighted by Gasteiger charge is 2.36. The van der Waals surface area contributed by atoms with Crippen LogP contribution in [0, 0.1) is 6.92 Å². The van der Waals surface area contributed by atoms with E-state index in [9.17, 15) is 9.59 Å². The van der Waals surface area contributed by atoms with Crippen LogP contribution in [0.25, 0.3) is 11.0 Å². The summed E-state index contributed by atoms with van der Waals surface area (Å²) in [5.74, 6) is -0.385. The van der Waals surface area contributed by atoms with Gasteiger partial charge in [-0.25, -0.2) is 0 Å². The van der Waals surface area contributed by atoms with Gasteiger partial charge in [-0.05, 0) is 30.2 Å². The van der Waals surface area contributed by atoms with E-state index in [1.54, 1.807) is 23.1 Å². The third-order valence-corrected chi connectivity index (χ3v) is 4.53. The molecule has 2 aromatic carbocycles. The molecular formula is C18H17N5O2. The van der Waals surface area contributed by atoms with Gasteiger partial charge in [0.1, 0.15) is 17.1 Å². The summed E-state index contributed by atoms with van der Waals surface area (Å²) in [6.07, 6.45) is 0. The first-order valence-electron chi connectivity index (χ1n) is 8.10. The lowest BCUT2D eigenvalue weighted by molar-refractivity contribution is -0.128. The fourth-order valence-electron chi connectivity index (χ4n) is 3.28. The van der Waals surface area contributed by atoms with Crippen LogP contribution in [0.4, 0.5) is 0 Å². The average molecular weight is 335 g/mol. The summed E-state index contributed by atoms with van der Waals surface area (Å²) in [6.45, 7) is 2.82. The summed E-state index contributed by atoms with van der Waals surface area (Å²) in [7, 11) is 0. The van der Waals surface area contributed by atoms with Crippen molar-refractivity contribution in [2.45, 2.75) is 13.0 Å². The van der Waals surface area contributed by atoms with E-state index in [1.165, 1.54) is 0 Å². The van der Waals surface area contributed by atoms with Gasteiger partial charge in [-0.3, -0.25) is 9.59 Å². The third-order valence-electron chi connectivity index (χ3n) is 4.53. The van der Waals surface area contributed by atoms with Crippen LogP contribution in [0.15, 0.2) is 42.5 Å². The maximum Gasteiger partial charge on any atom is 0.257 e. The SMILES string of the molecule is Cc1ccccc1[C@@H]1C(=O)NCCN1C(=O)c1cccc2n[nH]nc12. The number of para-hydroxylation sites is 1. The van der Waals surface area contributed by atoms with Gasteiger partial charge in [-0.2, -0.15) is 15.4 Å². The zero-order valence-electron chi connectivity index (χ0n) is 13.7. The van der Waals surface area contributed by atoms with Gasteiger partial charge in [0.15, 0.2) is 0 Å². The molecule has 7 heteroatoms. The smallest absolute Gasteiger partial charge is 0.257 e. The van der Waals surface area contributed by atoms with Gasteiger partial charge in [0.2, 0.25) is 5.91 Å². The number of carbonyl (C=O) groups is 2. The van der Waals surface area contributed by atoms with Crippen molar-refractivity contribution in [1.82, 2.24) is 25.6 Å². The summed E-state index contributed by atoms with van der Waals surface area (Å²) in [4.78, 5) is 27.4. The molecular weight excluding hydrogens is 318 g/mol. The van der Waals surface area contributed by atoms with Gasteiger partial charge in [0, 0.05) is 13.1 Å². The van der Waals surface area contributed by atoms with E-state index in [1.807, 2.05) is 31.2 Å². The standard InChI is InChI=1S/C18H17N5O2/c1-11-5-2-3-6-12(11)16-17(24)19-9-10-23(16)18(25)13-7-4-8-14-15(13)21-22-20-14/h2-8,16H,9-10H2,1H3,(H,19,24)(H,20,21,22)/t16-/m1/s1. The van der Waals surface area contributed by atoms with E-state index < -0.39 is 6.04 Å². The van der Waals surface area contributed by atoms with Crippen LogP contribution in [-0.4, -0.2) is 45.2 Å². The molecule has 1 atom stereocenters. The van der Waals surface area contributed by atoms with Crippen LogP contribution in [0.5, 0.6) is 0 Å². The van der Waals surface area contributed by atoms with E-state index in [-0.39, 0.29) is 11.8 Å². The molecule has 2 amide bonds. The minimum atomic E-state index is -0.649. The first-order valence-corrected chi connectivity index (χ1v) is 8.10. The normalized spacial score (nSPS) is 17.6. The Morgan fingerprint density at radius 2 is 2.00 bits per heavy atom. The second kappa shape index (κ2) is 6.01. The van der Waals surface area contributed by atoms with E-state index in [4.69, 9.17) is 0 Å². The number of hydrogen-bond acceptors (Lipinski definition) is 4. The van der Waals surface area contributed by atoms with E-state index in [0.29, 0.717) is 29.7 Å². The summed E-state index contributed by atoms with van der Waals surface area (Å²) in [5, 5.41) is 13.5. The fraction of sp³-hybridized carbons (Fsp3) is 0.222. The quantitative estimate of drug-likeness (QED) is 0.744. The van der Waals surface area contributed by atoms with Gasteiger partial charge in [0.05, 0.1) is 5.56 Å². The number of benzene rings is 2. The number of carbonyl (C=O) groups excluding carboxylic acids is 2. The number of nitrogens with zero attached hydrogens (tertiary/aromatic N) is 3. The third kappa shape index (κ3) is 2.53. The molecule has 1 fully saturated rings. The van der Waals surface area contributed by atoms with Crippen molar-refractivity contribution < 1.29 is 9.59 Å². The van der Waals surface area contributed by atoms with Crippen molar-refractivity contribution in [3.8, 4) is 0 Å². The van der Waals surface area contributed by atoms with Crippen molar-refractivity contribution in [1.29, 1.82) is 0 Å². The lowest BCUT2D eigenvalue weighted by Crippen LogP contribution is -2.52. The average Bonchev–Trinajstić information content (AvgIpc) is 3.10. The summed E-state index contributed by atoms with van der Waals surface area (Å²) < 4.78 is 0. The molecule has 1 saturated heterocycles. The van der Waals surface area contributed by atoms with Crippen molar-refractivity contribution in [2.24, 2.45) is 0 Å². The van der Waals surface area contributed by atoms with Crippen LogP contribution < -0.4 is 5.32 Å². The number of H-pyrrole nitrogens is 1. The number of aromatic nitrogens is 3. The fourth-order valence-corrected chi connectivity index (χ4v) is 3.28. The Hall–Kier alpha value is -3.22.